The number of nitrogens with one attached hydrogen (secondary N) is 2. The number of rotatable bonds is 4. The van der Waals surface area contributed by atoms with Crippen LogP contribution in [0.3, 0.4) is 0 Å². The average Bonchev–Trinajstić information content (AvgIpc) is 3.08. The van der Waals surface area contributed by atoms with E-state index in [-0.39, 0.29) is 0 Å². The molecule has 1 heterocycles. The van der Waals surface area contributed by atoms with Crippen LogP contribution in [0.1, 0.15) is 5.56 Å². The molecule has 0 saturated heterocycles. The number of hydrogen-bond acceptors (Lipinski definition) is 5. The third-order valence-corrected chi connectivity index (χ3v) is 3.10. The van der Waals surface area contributed by atoms with E-state index < -0.39 is 0 Å². The largest absolute Gasteiger partial charge is 0.214 e. The normalized spacial score (nSPS) is 10.1. The van der Waals surface area contributed by atoms with Crippen molar-refractivity contribution < 1.29 is 0 Å². The molecule has 7 nitrogen and oxygen atoms in total. The van der Waals surface area contributed by atoms with Crippen molar-refractivity contribution in [3.8, 4) is 22.5 Å². The summed E-state index contributed by atoms with van der Waals surface area (Å²) in [6.07, 6.45) is 0. The Labute approximate surface area is 120 Å². The van der Waals surface area contributed by atoms with E-state index in [2.05, 4.69) is 30.7 Å². The van der Waals surface area contributed by atoms with Crippen molar-refractivity contribution in [3.05, 3.63) is 54.1 Å². The standard InChI is InChI=1S/C14H12N7/c15-19-16-9-10-5-7-11(8-6-10)12-3-1-2-4-13(12)14-17-20-21-18-14/h1-8,15H,9H2,(H,17,18,20,21)/q+1. The predicted molar refractivity (Wildman–Crippen MR) is 76.0 cm³/mol. The van der Waals surface area contributed by atoms with Crippen LogP contribution in [-0.4, -0.2) is 20.6 Å². The Morgan fingerprint density at radius 2 is 1.81 bits per heavy atom. The lowest BCUT2D eigenvalue weighted by atomic mass is 9.98. The van der Waals surface area contributed by atoms with Gasteiger partial charge in [-0.15, -0.1) is 10.2 Å². The van der Waals surface area contributed by atoms with E-state index in [1.54, 1.807) is 0 Å². The van der Waals surface area contributed by atoms with Crippen LogP contribution in [0, 0.1) is 5.53 Å². The lowest BCUT2D eigenvalue weighted by Crippen LogP contribution is -1.88. The highest BCUT2D eigenvalue weighted by Gasteiger charge is 2.10. The summed E-state index contributed by atoms with van der Waals surface area (Å²) in [4.78, 5) is 3.01. The molecular formula is C14H12N7+. The third-order valence-electron chi connectivity index (χ3n) is 3.10. The molecule has 0 aliphatic rings. The van der Waals surface area contributed by atoms with Gasteiger partial charge in [0, 0.05) is 5.56 Å². The fraction of sp³-hybridized carbons (Fsp3) is 0.0714. The van der Waals surface area contributed by atoms with Gasteiger partial charge in [-0.25, -0.2) is 0 Å². The highest BCUT2D eigenvalue weighted by atomic mass is 15.5. The van der Waals surface area contributed by atoms with Crippen LogP contribution in [0.25, 0.3) is 22.5 Å². The van der Waals surface area contributed by atoms with Gasteiger partial charge in [-0.1, -0.05) is 48.5 Å². The van der Waals surface area contributed by atoms with Crippen molar-refractivity contribution in [3.63, 3.8) is 0 Å². The van der Waals surface area contributed by atoms with Crippen molar-refractivity contribution in [2.24, 2.45) is 5.11 Å². The van der Waals surface area contributed by atoms with Crippen LogP contribution in [0.15, 0.2) is 53.6 Å². The minimum Gasteiger partial charge on any atom is -0.177 e. The highest BCUT2D eigenvalue weighted by molar-refractivity contribution is 5.80. The van der Waals surface area contributed by atoms with Gasteiger partial charge in [0.05, 0.1) is 0 Å². The van der Waals surface area contributed by atoms with Crippen LogP contribution in [0.4, 0.5) is 0 Å². The zero-order valence-corrected chi connectivity index (χ0v) is 11.1. The maximum absolute atomic E-state index is 6.67. The first-order valence-corrected chi connectivity index (χ1v) is 6.34. The molecule has 0 saturated carbocycles. The summed E-state index contributed by atoms with van der Waals surface area (Å²) < 4.78 is 0. The minimum atomic E-state index is 0.413. The number of nitrogens with zero attached hydrogens (tertiary/aromatic N) is 5. The Morgan fingerprint density at radius 3 is 2.48 bits per heavy atom. The minimum absolute atomic E-state index is 0.413. The summed E-state index contributed by atoms with van der Waals surface area (Å²) >= 11 is 0. The van der Waals surface area contributed by atoms with E-state index in [0.717, 1.165) is 22.3 Å². The molecule has 0 aliphatic carbocycles. The Hall–Kier alpha value is -3.18. The van der Waals surface area contributed by atoms with Gasteiger partial charge in [-0.2, -0.15) is 5.21 Å². The quantitative estimate of drug-likeness (QED) is 0.566. The maximum atomic E-state index is 6.67. The molecular weight excluding hydrogens is 266 g/mol. The smallest absolute Gasteiger partial charge is 0.177 e. The van der Waals surface area contributed by atoms with Crippen LogP contribution in [0.2, 0.25) is 0 Å². The van der Waals surface area contributed by atoms with Gasteiger partial charge in [0.2, 0.25) is 10.7 Å². The number of tetrazole rings is 1. The molecule has 0 aliphatic heterocycles. The Kier molecular flexibility index (Phi) is 3.58. The summed E-state index contributed by atoms with van der Waals surface area (Å²) in [6, 6.07) is 15.8. The van der Waals surface area contributed by atoms with Crippen LogP contribution >= 0.6 is 0 Å². The molecule has 0 fully saturated rings. The molecule has 0 unspecified atom stereocenters. The second-order valence-electron chi connectivity index (χ2n) is 4.38. The molecule has 0 spiro atoms. The molecule has 102 valence electrons. The maximum Gasteiger partial charge on any atom is 0.214 e. The van der Waals surface area contributed by atoms with E-state index in [1.165, 1.54) is 0 Å². The number of aromatic amines is 1. The average molecular weight is 278 g/mol. The number of aromatic nitrogens is 4. The molecule has 21 heavy (non-hydrogen) atoms. The molecule has 3 rings (SSSR count). The molecule has 2 aromatic carbocycles. The van der Waals surface area contributed by atoms with Gasteiger partial charge in [-0.3, -0.25) is 0 Å². The molecule has 3 aromatic rings. The topological polar surface area (TPSA) is 105 Å². The molecule has 0 radical (unpaired) electrons. The molecule has 1 aromatic heterocycles. The monoisotopic (exact) mass is 278 g/mol. The predicted octanol–water partition coefficient (Wildman–Crippen LogP) is 2.58. The van der Waals surface area contributed by atoms with Crippen molar-refractivity contribution >= 4 is 0 Å². The van der Waals surface area contributed by atoms with Gasteiger partial charge in [0.15, 0.2) is 0 Å². The van der Waals surface area contributed by atoms with E-state index in [1.807, 2.05) is 48.5 Å². The second kappa shape index (κ2) is 5.85. The van der Waals surface area contributed by atoms with Gasteiger partial charge in [0.25, 0.3) is 0 Å². The van der Waals surface area contributed by atoms with Crippen LogP contribution < -0.4 is 4.91 Å². The Bertz CT molecular complexity index is 771. The van der Waals surface area contributed by atoms with Crippen molar-refractivity contribution in [2.75, 3.05) is 0 Å². The van der Waals surface area contributed by atoms with Crippen molar-refractivity contribution in [1.29, 1.82) is 5.53 Å². The van der Waals surface area contributed by atoms with Gasteiger partial charge in [-0.05, 0) is 21.9 Å². The summed E-state index contributed by atoms with van der Waals surface area (Å²) in [5.74, 6) is 0.567. The second-order valence-corrected chi connectivity index (χ2v) is 4.38. The van der Waals surface area contributed by atoms with Crippen LogP contribution in [0.5, 0.6) is 0 Å². The fourth-order valence-electron chi connectivity index (χ4n) is 2.11. The van der Waals surface area contributed by atoms with E-state index in [0.29, 0.717) is 12.4 Å². The lowest BCUT2D eigenvalue weighted by molar-refractivity contribution is 0.858. The first kappa shape index (κ1) is 12.8. The first-order valence-electron chi connectivity index (χ1n) is 6.34. The molecule has 0 bridgehead atoms. The van der Waals surface area contributed by atoms with Gasteiger partial charge < -0.3 is 0 Å². The van der Waals surface area contributed by atoms with Crippen LogP contribution in [-0.2, 0) is 6.54 Å². The molecule has 2 N–H and O–H groups in total. The summed E-state index contributed by atoms with van der Waals surface area (Å²) in [5.41, 5.74) is 10.7. The molecule has 0 amide bonds. The van der Waals surface area contributed by atoms with Crippen molar-refractivity contribution in [2.45, 2.75) is 6.54 Å². The molecule has 0 atom stereocenters. The number of benzene rings is 2. The zero-order chi connectivity index (χ0) is 14.5. The summed E-state index contributed by atoms with van der Waals surface area (Å²) in [5, 5.41) is 17.8. The SMILES string of the molecule is N=[N+]=NCc1ccc(-c2ccccc2-c2nn[nH]n2)cc1. The van der Waals surface area contributed by atoms with Gasteiger partial charge in [0.1, 0.15) is 17.2 Å². The Morgan fingerprint density at radius 1 is 1.05 bits per heavy atom. The molecule has 7 heteroatoms. The van der Waals surface area contributed by atoms with Crippen molar-refractivity contribution in [1.82, 2.24) is 25.5 Å². The fourth-order valence-corrected chi connectivity index (χ4v) is 2.11. The Balaban J connectivity index is 1.99. The number of H-pyrrole nitrogens is 1. The summed E-state index contributed by atoms with van der Waals surface area (Å²) in [6.45, 7) is 0.413. The third kappa shape index (κ3) is 2.72. The van der Waals surface area contributed by atoms with Gasteiger partial charge >= 0.3 is 0 Å². The number of hydrogen-bond donors (Lipinski definition) is 2. The van der Waals surface area contributed by atoms with E-state index >= 15 is 0 Å². The highest BCUT2D eigenvalue weighted by Crippen LogP contribution is 2.29. The zero-order valence-electron chi connectivity index (χ0n) is 11.1. The van der Waals surface area contributed by atoms with E-state index in [9.17, 15) is 0 Å². The first-order chi connectivity index (χ1) is 10.4. The summed E-state index contributed by atoms with van der Waals surface area (Å²) in [7, 11) is 0. The lowest BCUT2D eigenvalue weighted by Gasteiger charge is -2.06. The van der Waals surface area contributed by atoms with E-state index in [4.69, 9.17) is 5.53 Å².